The van der Waals surface area contributed by atoms with Crippen molar-refractivity contribution in [1.82, 2.24) is 0 Å². The molecule has 0 unspecified atom stereocenters. The van der Waals surface area contributed by atoms with E-state index in [0.29, 0.717) is 13.2 Å². The number of benzene rings is 2. The van der Waals surface area contributed by atoms with Crippen LogP contribution < -0.4 is 14.8 Å². The number of rotatable bonds is 6. The predicted molar refractivity (Wildman–Crippen MR) is 82.6 cm³/mol. The van der Waals surface area contributed by atoms with Gasteiger partial charge in [0.2, 0.25) is 0 Å². The number of methoxy groups -OCH3 is 1. The summed E-state index contributed by atoms with van der Waals surface area (Å²) in [6, 6.07) is 10.9. The number of nitrogens with one attached hydrogen (secondary N) is 1. The second-order valence-corrected chi connectivity index (χ2v) is 4.74. The minimum absolute atomic E-state index is 0.281. The quantitative estimate of drug-likeness (QED) is 0.866. The molecule has 1 N–H and O–H groups in total. The van der Waals surface area contributed by atoms with E-state index in [1.54, 1.807) is 13.2 Å². The van der Waals surface area contributed by atoms with Gasteiger partial charge < -0.3 is 14.8 Å². The van der Waals surface area contributed by atoms with E-state index < -0.39 is 0 Å². The summed E-state index contributed by atoms with van der Waals surface area (Å²) < 4.78 is 24.2. The lowest BCUT2D eigenvalue weighted by atomic mass is 10.1. The predicted octanol–water partition coefficient (Wildman–Crippen LogP) is 4.15. The summed E-state index contributed by atoms with van der Waals surface area (Å²) in [7, 11) is 1.66. The van der Waals surface area contributed by atoms with Gasteiger partial charge in [0.1, 0.15) is 5.75 Å². The Balaban J connectivity index is 2.02. The Bertz CT molecular complexity index is 614. The number of halogens is 1. The molecule has 2 aromatic rings. The van der Waals surface area contributed by atoms with Crippen LogP contribution in [0.5, 0.6) is 11.5 Å². The fraction of sp³-hybridized carbons (Fsp3) is 0.294. The third kappa shape index (κ3) is 3.88. The molecule has 0 fully saturated rings. The Labute approximate surface area is 124 Å². The molecule has 0 aliphatic heterocycles. The molecule has 2 aromatic carbocycles. The monoisotopic (exact) mass is 289 g/mol. The van der Waals surface area contributed by atoms with Crippen molar-refractivity contribution in [3.05, 3.63) is 53.3 Å². The minimum atomic E-state index is -0.354. The highest BCUT2D eigenvalue weighted by Gasteiger charge is 2.05. The van der Waals surface area contributed by atoms with Crippen LogP contribution in [-0.2, 0) is 6.54 Å². The average Bonchev–Trinajstić information content (AvgIpc) is 2.48. The minimum Gasteiger partial charge on any atom is -0.496 e. The average molecular weight is 289 g/mol. The van der Waals surface area contributed by atoms with Gasteiger partial charge in [-0.15, -0.1) is 0 Å². The lowest BCUT2D eigenvalue weighted by molar-refractivity contribution is 0.321. The second-order valence-electron chi connectivity index (χ2n) is 4.74. The third-order valence-electron chi connectivity index (χ3n) is 3.19. The van der Waals surface area contributed by atoms with Crippen molar-refractivity contribution >= 4 is 5.69 Å². The molecular formula is C17H20FNO2. The Morgan fingerprint density at radius 3 is 2.48 bits per heavy atom. The van der Waals surface area contributed by atoms with Crippen LogP contribution in [0.1, 0.15) is 18.1 Å². The molecule has 2 rings (SSSR count). The molecule has 0 amide bonds. The van der Waals surface area contributed by atoms with E-state index in [2.05, 4.69) is 11.4 Å². The molecule has 0 aromatic heterocycles. The first kappa shape index (κ1) is 15.2. The summed E-state index contributed by atoms with van der Waals surface area (Å²) in [6.07, 6.45) is 0. The molecule has 0 radical (unpaired) electrons. The Morgan fingerprint density at radius 2 is 1.86 bits per heavy atom. The molecule has 21 heavy (non-hydrogen) atoms. The van der Waals surface area contributed by atoms with Gasteiger partial charge in [-0.3, -0.25) is 0 Å². The van der Waals surface area contributed by atoms with E-state index in [4.69, 9.17) is 9.47 Å². The van der Waals surface area contributed by atoms with Crippen molar-refractivity contribution in [3.8, 4) is 11.5 Å². The van der Waals surface area contributed by atoms with Gasteiger partial charge >= 0.3 is 0 Å². The van der Waals surface area contributed by atoms with Crippen LogP contribution in [0.3, 0.4) is 0 Å². The van der Waals surface area contributed by atoms with Gasteiger partial charge in [0.15, 0.2) is 11.6 Å². The van der Waals surface area contributed by atoms with Gasteiger partial charge in [-0.1, -0.05) is 12.1 Å². The molecule has 0 heterocycles. The standard InChI is InChI=1S/C17H20FNO2/c1-4-21-17-8-6-14(10-15(17)18)19-11-13-5-7-16(20-3)12(2)9-13/h5-10,19H,4,11H2,1-3H3. The van der Waals surface area contributed by atoms with Crippen LogP contribution in [0.25, 0.3) is 0 Å². The largest absolute Gasteiger partial charge is 0.496 e. The molecule has 0 atom stereocenters. The lowest BCUT2D eigenvalue weighted by Gasteiger charge is -2.11. The fourth-order valence-corrected chi connectivity index (χ4v) is 2.14. The van der Waals surface area contributed by atoms with Crippen LogP contribution >= 0.6 is 0 Å². The molecule has 0 aliphatic rings. The summed E-state index contributed by atoms with van der Waals surface area (Å²) in [4.78, 5) is 0. The number of anilines is 1. The highest BCUT2D eigenvalue weighted by atomic mass is 19.1. The topological polar surface area (TPSA) is 30.5 Å². The zero-order valence-electron chi connectivity index (χ0n) is 12.6. The molecule has 4 heteroatoms. The van der Waals surface area contributed by atoms with Crippen LogP contribution in [0.2, 0.25) is 0 Å². The highest BCUT2D eigenvalue weighted by Crippen LogP contribution is 2.22. The zero-order chi connectivity index (χ0) is 15.2. The van der Waals surface area contributed by atoms with E-state index in [9.17, 15) is 4.39 Å². The molecule has 0 spiro atoms. The van der Waals surface area contributed by atoms with Crippen molar-refractivity contribution in [3.63, 3.8) is 0 Å². The van der Waals surface area contributed by atoms with E-state index in [1.165, 1.54) is 6.07 Å². The first-order chi connectivity index (χ1) is 10.1. The highest BCUT2D eigenvalue weighted by molar-refractivity contribution is 5.48. The van der Waals surface area contributed by atoms with Crippen molar-refractivity contribution < 1.29 is 13.9 Å². The number of ether oxygens (including phenoxy) is 2. The first-order valence-corrected chi connectivity index (χ1v) is 6.93. The molecule has 0 bridgehead atoms. The van der Waals surface area contributed by atoms with E-state index in [0.717, 1.165) is 22.6 Å². The first-order valence-electron chi connectivity index (χ1n) is 6.93. The van der Waals surface area contributed by atoms with Crippen molar-refractivity contribution in [2.24, 2.45) is 0 Å². The van der Waals surface area contributed by atoms with Gasteiger partial charge in [-0.25, -0.2) is 4.39 Å². The van der Waals surface area contributed by atoms with E-state index in [-0.39, 0.29) is 11.6 Å². The normalized spacial score (nSPS) is 10.3. The van der Waals surface area contributed by atoms with Crippen LogP contribution in [-0.4, -0.2) is 13.7 Å². The number of aryl methyl sites for hydroxylation is 1. The van der Waals surface area contributed by atoms with Crippen molar-refractivity contribution in [2.75, 3.05) is 19.0 Å². The maximum atomic E-state index is 13.7. The summed E-state index contributed by atoms with van der Waals surface area (Å²) in [5.41, 5.74) is 2.92. The van der Waals surface area contributed by atoms with Crippen LogP contribution in [0.4, 0.5) is 10.1 Å². The van der Waals surface area contributed by atoms with Gasteiger partial charge in [0, 0.05) is 18.3 Å². The molecule has 112 valence electrons. The summed E-state index contributed by atoms with van der Waals surface area (Å²) in [5.74, 6) is 0.793. The van der Waals surface area contributed by atoms with E-state index >= 15 is 0 Å². The summed E-state index contributed by atoms with van der Waals surface area (Å²) in [5, 5.41) is 3.20. The third-order valence-corrected chi connectivity index (χ3v) is 3.19. The van der Waals surface area contributed by atoms with E-state index in [1.807, 2.05) is 32.0 Å². The maximum absolute atomic E-state index is 13.7. The Morgan fingerprint density at radius 1 is 1.10 bits per heavy atom. The van der Waals surface area contributed by atoms with Gasteiger partial charge in [0.25, 0.3) is 0 Å². The Kier molecular flexibility index (Phi) is 5.04. The smallest absolute Gasteiger partial charge is 0.167 e. The summed E-state index contributed by atoms with van der Waals surface area (Å²) >= 11 is 0. The molecular weight excluding hydrogens is 269 g/mol. The second kappa shape index (κ2) is 6.97. The summed E-state index contributed by atoms with van der Waals surface area (Å²) in [6.45, 7) is 4.91. The number of hydrogen-bond donors (Lipinski definition) is 1. The number of hydrogen-bond acceptors (Lipinski definition) is 3. The van der Waals surface area contributed by atoms with Crippen molar-refractivity contribution in [2.45, 2.75) is 20.4 Å². The van der Waals surface area contributed by atoms with Gasteiger partial charge in [-0.2, -0.15) is 0 Å². The molecule has 0 aliphatic carbocycles. The van der Waals surface area contributed by atoms with Crippen molar-refractivity contribution in [1.29, 1.82) is 0 Å². The lowest BCUT2D eigenvalue weighted by Crippen LogP contribution is -2.01. The Hall–Kier alpha value is -2.23. The molecule has 3 nitrogen and oxygen atoms in total. The fourth-order valence-electron chi connectivity index (χ4n) is 2.14. The van der Waals surface area contributed by atoms with Crippen LogP contribution in [0.15, 0.2) is 36.4 Å². The molecule has 0 saturated heterocycles. The maximum Gasteiger partial charge on any atom is 0.167 e. The van der Waals surface area contributed by atoms with Crippen LogP contribution in [0, 0.1) is 12.7 Å². The molecule has 0 saturated carbocycles. The van der Waals surface area contributed by atoms with Gasteiger partial charge in [-0.05, 0) is 43.2 Å². The SMILES string of the molecule is CCOc1ccc(NCc2ccc(OC)c(C)c2)cc1F. The van der Waals surface area contributed by atoms with Gasteiger partial charge in [0.05, 0.1) is 13.7 Å². The zero-order valence-corrected chi connectivity index (χ0v) is 12.6.